The van der Waals surface area contributed by atoms with E-state index in [-0.39, 0.29) is 6.79 Å². The van der Waals surface area contributed by atoms with Gasteiger partial charge in [-0.15, -0.1) is 0 Å². The zero-order chi connectivity index (χ0) is 14.3. The predicted octanol–water partition coefficient (Wildman–Crippen LogP) is 2.97. The summed E-state index contributed by atoms with van der Waals surface area (Å²) in [4.78, 5) is 11.9. The van der Waals surface area contributed by atoms with Gasteiger partial charge in [0.05, 0.1) is 17.7 Å². The van der Waals surface area contributed by atoms with Gasteiger partial charge in [0, 0.05) is 6.07 Å². The molecule has 1 N–H and O–H groups in total. The average molecular weight is 299 g/mol. The number of halogens is 1. The van der Waals surface area contributed by atoms with E-state index in [0.29, 0.717) is 40.7 Å². The number of carbonyl (C=O) groups is 1. The minimum absolute atomic E-state index is 0.0710. The fraction of sp³-hybridized carbons (Fsp3) is 0.500. The van der Waals surface area contributed by atoms with Crippen LogP contribution in [0.1, 0.15) is 31.2 Å². The van der Waals surface area contributed by atoms with Crippen LogP contribution < -0.4 is 14.2 Å². The summed E-state index contributed by atoms with van der Waals surface area (Å²) in [6.45, 7) is 0.0710. The van der Waals surface area contributed by atoms with Gasteiger partial charge >= 0.3 is 5.97 Å². The van der Waals surface area contributed by atoms with Gasteiger partial charge in [-0.2, -0.15) is 0 Å². The minimum atomic E-state index is -1.01. The molecule has 1 aromatic rings. The molecule has 0 saturated heterocycles. The Morgan fingerprint density at radius 3 is 2.70 bits per heavy atom. The number of ether oxygens (including phenoxy) is 3. The molecular weight excluding hydrogens is 284 g/mol. The van der Waals surface area contributed by atoms with E-state index in [9.17, 15) is 9.90 Å². The molecule has 1 fully saturated rings. The van der Waals surface area contributed by atoms with Crippen molar-refractivity contribution in [1.29, 1.82) is 0 Å². The van der Waals surface area contributed by atoms with Crippen molar-refractivity contribution in [1.82, 2.24) is 0 Å². The van der Waals surface area contributed by atoms with Crippen molar-refractivity contribution >= 4 is 17.6 Å². The number of benzene rings is 1. The third-order valence-corrected chi connectivity index (χ3v) is 4.40. The van der Waals surface area contributed by atoms with Gasteiger partial charge in [0.25, 0.3) is 0 Å². The molecule has 0 unspecified atom stereocenters. The number of fused-ring (bicyclic) bond motifs is 1. The van der Waals surface area contributed by atoms with Crippen molar-refractivity contribution in [3.8, 4) is 17.2 Å². The third-order valence-electron chi connectivity index (χ3n) is 4.12. The second-order valence-corrected chi connectivity index (χ2v) is 5.50. The second kappa shape index (κ2) is 4.74. The molecule has 5 nitrogen and oxygen atoms in total. The van der Waals surface area contributed by atoms with Crippen molar-refractivity contribution in [2.24, 2.45) is 0 Å². The maximum Gasteiger partial charge on any atom is 0.314 e. The Morgan fingerprint density at radius 1 is 1.40 bits per heavy atom. The van der Waals surface area contributed by atoms with Crippen LogP contribution >= 0.6 is 11.6 Å². The molecule has 108 valence electrons. The van der Waals surface area contributed by atoms with Crippen molar-refractivity contribution < 1.29 is 24.1 Å². The molecule has 1 aliphatic carbocycles. The highest BCUT2D eigenvalue weighted by Crippen LogP contribution is 2.55. The fourth-order valence-electron chi connectivity index (χ4n) is 3.18. The number of carboxylic acids is 1. The molecule has 1 heterocycles. The Kier molecular flexibility index (Phi) is 3.17. The van der Waals surface area contributed by atoms with E-state index in [1.807, 2.05) is 0 Å². The standard InChI is InChI=1S/C14H15ClO5/c1-18-11-8(15)6-9-12(20-7-19-9)10(11)14(13(16)17)4-2-3-5-14/h6H,2-5,7H2,1H3,(H,16,17). The molecule has 0 spiro atoms. The molecule has 0 radical (unpaired) electrons. The van der Waals surface area contributed by atoms with Gasteiger partial charge in [-0.3, -0.25) is 4.79 Å². The molecule has 1 aromatic carbocycles. The van der Waals surface area contributed by atoms with Crippen LogP contribution in [0.15, 0.2) is 6.07 Å². The van der Waals surface area contributed by atoms with Gasteiger partial charge in [-0.05, 0) is 12.8 Å². The van der Waals surface area contributed by atoms with Crippen molar-refractivity contribution in [3.63, 3.8) is 0 Å². The smallest absolute Gasteiger partial charge is 0.314 e. The lowest BCUT2D eigenvalue weighted by Crippen LogP contribution is -2.33. The first kappa shape index (κ1) is 13.4. The lowest BCUT2D eigenvalue weighted by molar-refractivity contribution is -0.143. The van der Waals surface area contributed by atoms with Crippen LogP contribution in [0.5, 0.6) is 17.2 Å². The largest absolute Gasteiger partial charge is 0.495 e. The molecule has 1 aliphatic heterocycles. The van der Waals surface area contributed by atoms with Crippen LogP contribution in [0, 0.1) is 0 Å². The van der Waals surface area contributed by atoms with Gasteiger partial charge in [-0.25, -0.2) is 0 Å². The Hall–Kier alpha value is -1.62. The van der Waals surface area contributed by atoms with Crippen LogP contribution in [0.3, 0.4) is 0 Å². The first-order valence-corrected chi connectivity index (χ1v) is 6.88. The summed E-state index contributed by atoms with van der Waals surface area (Å²) in [7, 11) is 1.48. The molecule has 0 bridgehead atoms. The quantitative estimate of drug-likeness (QED) is 0.929. The number of carboxylic acid groups (broad SMARTS) is 1. The molecule has 1 saturated carbocycles. The predicted molar refractivity (Wildman–Crippen MR) is 71.9 cm³/mol. The van der Waals surface area contributed by atoms with E-state index in [1.54, 1.807) is 6.07 Å². The van der Waals surface area contributed by atoms with E-state index >= 15 is 0 Å². The lowest BCUT2D eigenvalue weighted by atomic mass is 9.77. The molecule has 3 rings (SSSR count). The van der Waals surface area contributed by atoms with Crippen molar-refractivity contribution in [2.75, 3.05) is 13.9 Å². The second-order valence-electron chi connectivity index (χ2n) is 5.09. The summed E-state index contributed by atoms with van der Waals surface area (Å²) in [5.74, 6) is 0.447. The first-order valence-electron chi connectivity index (χ1n) is 6.50. The lowest BCUT2D eigenvalue weighted by Gasteiger charge is -2.27. The Labute approximate surface area is 121 Å². The highest BCUT2D eigenvalue weighted by Gasteiger charge is 2.49. The van der Waals surface area contributed by atoms with E-state index < -0.39 is 11.4 Å². The Morgan fingerprint density at radius 2 is 2.10 bits per heavy atom. The third kappa shape index (κ3) is 1.73. The summed E-state index contributed by atoms with van der Waals surface area (Å²) >= 11 is 6.20. The summed E-state index contributed by atoms with van der Waals surface area (Å²) in [6, 6.07) is 1.61. The molecule has 20 heavy (non-hydrogen) atoms. The van der Waals surface area contributed by atoms with Crippen LogP contribution in [0.4, 0.5) is 0 Å². The highest BCUT2D eigenvalue weighted by molar-refractivity contribution is 6.32. The summed E-state index contributed by atoms with van der Waals surface area (Å²) in [5.41, 5.74) is -0.487. The number of hydrogen-bond donors (Lipinski definition) is 1. The zero-order valence-corrected chi connectivity index (χ0v) is 11.8. The molecule has 0 amide bonds. The minimum Gasteiger partial charge on any atom is -0.495 e. The highest BCUT2D eigenvalue weighted by atomic mass is 35.5. The number of methoxy groups -OCH3 is 1. The molecule has 2 aliphatic rings. The molecule has 0 atom stereocenters. The van der Waals surface area contributed by atoms with Crippen LogP contribution in [0.25, 0.3) is 0 Å². The topological polar surface area (TPSA) is 65.0 Å². The van der Waals surface area contributed by atoms with Gasteiger partial charge < -0.3 is 19.3 Å². The summed E-state index contributed by atoms with van der Waals surface area (Å²) in [6.07, 6.45) is 2.82. The molecule has 6 heteroatoms. The van der Waals surface area contributed by atoms with E-state index in [0.717, 1.165) is 12.8 Å². The van der Waals surface area contributed by atoms with Crippen LogP contribution in [-0.4, -0.2) is 25.0 Å². The maximum absolute atomic E-state index is 11.9. The average Bonchev–Trinajstić information content (AvgIpc) is 3.06. The first-order chi connectivity index (χ1) is 9.60. The van der Waals surface area contributed by atoms with Crippen LogP contribution in [-0.2, 0) is 10.2 Å². The molecule has 0 aromatic heterocycles. The van der Waals surface area contributed by atoms with Crippen molar-refractivity contribution in [2.45, 2.75) is 31.1 Å². The van der Waals surface area contributed by atoms with E-state index in [2.05, 4.69) is 0 Å². The van der Waals surface area contributed by atoms with E-state index in [1.165, 1.54) is 7.11 Å². The Balaban J connectivity index is 2.29. The van der Waals surface area contributed by atoms with Gasteiger partial charge in [-0.1, -0.05) is 24.4 Å². The summed E-state index contributed by atoms with van der Waals surface area (Å²) in [5, 5.41) is 10.1. The van der Waals surface area contributed by atoms with Crippen molar-refractivity contribution in [3.05, 3.63) is 16.7 Å². The summed E-state index contributed by atoms with van der Waals surface area (Å²) < 4.78 is 16.2. The fourth-order valence-corrected chi connectivity index (χ4v) is 3.45. The molecular formula is C14H15ClO5. The number of hydrogen-bond acceptors (Lipinski definition) is 4. The van der Waals surface area contributed by atoms with Gasteiger partial charge in [0.15, 0.2) is 11.5 Å². The monoisotopic (exact) mass is 298 g/mol. The van der Waals surface area contributed by atoms with E-state index in [4.69, 9.17) is 25.8 Å². The van der Waals surface area contributed by atoms with Gasteiger partial charge in [0.2, 0.25) is 6.79 Å². The Bertz CT molecular complexity index is 559. The maximum atomic E-state index is 11.9. The van der Waals surface area contributed by atoms with Gasteiger partial charge in [0.1, 0.15) is 11.2 Å². The zero-order valence-electron chi connectivity index (χ0n) is 11.1. The number of rotatable bonds is 3. The van der Waals surface area contributed by atoms with Crippen LogP contribution in [0.2, 0.25) is 5.02 Å². The normalized spacial score (nSPS) is 19.1. The number of aliphatic carboxylic acids is 1. The SMILES string of the molecule is COc1c(Cl)cc2c(c1C1(C(=O)O)CCCC1)OCO2.